The predicted octanol–water partition coefficient (Wildman–Crippen LogP) is 6.74. The van der Waals surface area contributed by atoms with Crippen LogP contribution in [0.25, 0.3) is 0 Å². The van der Waals surface area contributed by atoms with Gasteiger partial charge in [-0.15, -0.1) is 0 Å². The normalized spacial score (nSPS) is 20.5. The van der Waals surface area contributed by atoms with E-state index in [1.807, 2.05) is 50.3 Å². The summed E-state index contributed by atoms with van der Waals surface area (Å²) in [5.41, 5.74) is 5.94. The third kappa shape index (κ3) is 7.52. The molecule has 1 aliphatic heterocycles. The van der Waals surface area contributed by atoms with Gasteiger partial charge in [0.2, 0.25) is 0 Å². The molecule has 0 unspecified atom stereocenters. The van der Waals surface area contributed by atoms with Gasteiger partial charge < -0.3 is 24.4 Å². The van der Waals surface area contributed by atoms with Crippen LogP contribution in [0.1, 0.15) is 84.8 Å². The summed E-state index contributed by atoms with van der Waals surface area (Å²) in [6.45, 7) is 18.8. The van der Waals surface area contributed by atoms with E-state index in [0.717, 1.165) is 6.42 Å². The second-order valence-corrected chi connectivity index (χ2v) is 19.3. The molecule has 1 aromatic heterocycles. The van der Waals surface area contributed by atoms with Crippen molar-refractivity contribution in [1.29, 1.82) is 0 Å². The molecule has 11 nitrogen and oxygen atoms in total. The van der Waals surface area contributed by atoms with Gasteiger partial charge in [0, 0.05) is 24.2 Å². The Morgan fingerprint density at radius 1 is 1.26 bits per heavy atom. The Morgan fingerprint density at radius 3 is 2.43 bits per heavy atom. The van der Waals surface area contributed by atoms with Crippen molar-refractivity contribution >= 4 is 42.4 Å². The van der Waals surface area contributed by atoms with Crippen LogP contribution in [-0.4, -0.2) is 42.1 Å². The first-order chi connectivity index (χ1) is 19.3. The van der Waals surface area contributed by atoms with Gasteiger partial charge in [-0.1, -0.05) is 48.5 Å². The van der Waals surface area contributed by atoms with E-state index in [0.29, 0.717) is 26.9 Å². The van der Waals surface area contributed by atoms with Crippen molar-refractivity contribution in [3.8, 4) is 5.75 Å². The van der Waals surface area contributed by atoms with E-state index in [1.54, 1.807) is 12.3 Å². The topological polar surface area (TPSA) is 141 Å². The van der Waals surface area contributed by atoms with Crippen LogP contribution >= 0.6 is 22.6 Å². The molecular formula is C29H45IN4O7Si. The first-order valence-corrected chi connectivity index (χ1v) is 18.1. The molecule has 4 atom stereocenters. The Balaban J connectivity index is 1.93. The Bertz CT molecular complexity index is 1350. The highest BCUT2D eigenvalue weighted by atomic mass is 127. The maximum Gasteiger partial charge on any atom is 0.351 e. The number of rotatable bonds is 10. The van der Waals surface area contributed by atoms with Crippen molar-refractivity contribution in [3.05, 3.63) is 53.6 Å². The number of nitrogen functional groups attached to an aromatic ring is 1. The lowest BCUT2D eigenvalue weighted by Crippen LogP contribution is -2.45. The molecule has 2 heterocycles. The van der Waals surface area contributed by atoms with Gasteiger partial charge in [0.1, 0.15) is 17.8 Å². The van der Waals surface area contributed by atoms with Crippen LogP contribution in [0.2, 0.25) is 18.1 Å². The van der Waals surface area contributed by atoms with Gasteiger partial charge in [-0.2, -0.15) is 4.98 Å². The minimum Gasteiger partial charge on any atom is -0.496 e. The Labute approximate surface area is 262 Å². The van der Waals surface area contributed by atoms with Gasteiger partial charge in [-0.3, -0.25) is 14.7 Å². The second kappa shape index (κ2) is 12.9. The number of nitro benzene ring substituents is 1. The van der Waals surface area contributed by atoms with Crippen LogP contribution in [0.3, 0.4) is 0 Å². The minimum atomic E-state index is -2.07. The van der Waals surface area contributed by atoms with Crippen LogP contribution in [-0.2, 0) is 20.5 Å². The average Bonchev–Trinajstić information content (AvgIpc) is 3.25. The number of anilines is 1. The van der Waals surface area contributed by atoms with E-state index in [4.69, 9.17) is 24.4 Å². The fraction of sp³-hybridized carbons (Fsp3) is 0.655. The fourth-order valence-corrected chi connectivity index (χ4v) is 6.84. The number of nitro groups is 1. The summed E-state index contributed by atoms with van der Waals surface area (Å²) >= 11 is 2.01. The molecule has 0 amide bonds. The number of nitrogens with zero attached hydrogens (tertiary/aromatic N) is 3. The van der Waals surface area contributed by atoms with E-state index in [2.05, 4.69) is 38.8 Å². The van der Waals surface area contributed by atoms with Crippen molar-refractivity contribution < 1.29 is 23.6 Å². The van der Waals surface area contributed by atoms with Gasteiger partial charge in [0.05, 0.1) is 46.1 Å². The van der Waals surface area contributed by atoms with Crippen LogP contribution in [0.4, 0.5) is 11.5 Å². The molecule has 1 aliphatic rings. The molecule has 1 aromatic carbocycles. The van der Waals surface area contributed by atoms with Gasteiger partial charge in [0.15, 0.2) is 8.32 Å². The first-order valence-electron chi connectivity index (χ1n) is 14.1. The summed E-state index contributed by atoms with van der Waals surface area (Å²) < 4.78 is 26.9. The van der Waals surface area contributed by atoms with E-state index in [9.17, 15) is 14.9 Å². The van der Waals surface area contributed by atoms with Crippen molar-refractivity contribution in [1.82, 2.24) is 9.55 Å². The zero-order valence-corrected chi connectivity index (χ0v) is 29.5. The first kappa shape index (κ1) is 34.4. The predicted molar refractivity (Wildman–Crippen MR) is 173 cm³/mol. The maximum atomic E-state index is 13.0. The molecule has 3 rings (SSSR count). The Morgan fingerprint density at radius 2 is 1.90 bits per heavy atom. The molecule has 0 spiro atoms. The number of hydrogen-bond donors (Lipinski definition) is 1. The van der Waals surface area contributed by atoms with Gasteiger partial charge in [-0.05, 0) is 58.6 Å². The zero-order chi connectivity index (χ0) is 31.8. The monoisotopic (exact) mass is 716 g/mol. The summed E-state index contributed by atoms with van der Waals surface area (Å²) in [7, 11) is -0.552. The highest BCUT2D eigenvalue weighted by Gasteiger charge is 2.45. The SMILES string of the molecule is CC[C@H]1O[C@@H](n2cc(CO[C@H](c3cc(OC)c(I)cc3[N+](=O)[O-])C(C)(C)C)c(N)nc2=O)C[C@H]1O[Si](C)(C)C(C)(C)C. The lowest BCUT2D eigenvalue weighted by Gasteiger charge is -2.39. The number of aromatic nitrogens is 2. The summed E-state index contributed by atoms with van der Waals surface area (Å²) in [4.78, 5) is 28.6. The smallest absolute Gasteiger partial charge is 0.351 e. The molecule has 13 heteroatoms. The van der Waals surface area contributed by atoms with E-state index in [1.165, 1.54) is 17.7 Å². The molecule has 42 heavy (non-hydrogen) atoms. The molecule has 1 saturated heterocycles. The lowest BCUT2D eigenvalue weighted by atomic mass is 9.83. The highest BCUT2D eigenvalue weighted by Crippen LogP contribution is 2.44. The maximum absolute atomic E-state index is 13.0. The van der Waals surface area contributed by atoms with Gasteiger partial charge in [-0.25, -0.2) is 4.79 Å². The summed E-state index contributed by atoms with van der Waals surface area (Å²) in [5.74, 6) is 0.555. The van der Waals surface area contributed by atoms with Crippen molar-refractivity contribution in [2.24, 2.45) is 5.41 Å². The standard InChI is InChI=1S/C29H45IN4O7Si/c1-11-21-23(41-42(9,10)29(5,6)7)14-24(40-21)33-15-17(26(31)32-27(33)35)16-39-25(28(2,3)4)18-12-22(38-8)19(30)13-20(18)34(36)37/h12-13,15,21,23-25H,11,14,16H2,1-10H3,(H2,31,32,35)/t21-,23-,24-,25-/m1/s1. The van der Waals surface area contributed by atoms with Crippen molar-refractivity contribution in [3.63, 3.8) is 0 Å². The molecule has 2 aromatic rings. The van der Waals surface area contributed by atoms with Crippen LogP contribution in [0.5, 0.6) is 5.75 Å². The van der Waals surface area contributed by atoms with E-state index >= 15 is 0 Å². The average molecular weight is 717 g/mol. The van der Waals surface area contributed by atoms with Gasteiger partial charge >= 0.3 is 5.69 Å². The summed E-state index contributed by atoms with van der Waals surface area (Å²) in [6.07, 6.45) is 1.31. The fourth-order valence-electron chi connectivity index (χ4n) is 4.81. The van der Waals surface area contributed by atoms with Crippen LogP contribution in [0, 0.1) is 19.1 Å². The molecule has 0 bridgehead atoms. The quantitative estimate of drug-likeness (QED) is 0.123. The number of benzene rings is 1. The molecule has 2 N–H and O–H groups in total. The number of hydrogen-bond acceptors (Lipinski definition) is 9. The van der Waals surface area contributed by atoms with E-state index < -0.39 is 36.7 Å². The second-order valence-electron chi connectivity index (χ2n) is 13.4. The zero-order valence-electron chi connectivity index (χ0n) is 26.3. The Hall–Kier alpha value is -2.07. The molecule has 0 saturated carbocycles. The van der Waals surface area contributed by atoms with E-state index in [-0.39, 0.29) is 35.4 Å². The van der Waals surface area contributed by atoms with Crippen LogP contribution < -0.4 is 16.2 Å². The molecule has 1 fully saturated rings. The summed E-state index contributed by atoms with van der Waals surface area (Å²) in [6, 6.07) is 3.13. The molecule has 0 aliphatic carbocycles. The summed E-state index contributed by atoms with van der Waals surface area (Å²) in [5, 5.41) is 12.0. The third-order valence-corrected chi connectivity index (χ3v) is 13.5. The largest absolute Gasteiger partial charge is 0.496 e. The third-order valence-electron chi connectivity index (χ3n) is 8.18. The lowest BCUT2D eigenvalue weighted by molar-refractivity contribution is -0.386. The number of halogens is 1. The van der Waals surface area contributed by atoms with Gasteiger partial charge in [0.25, 0.3) is 5.69 Å². The number of nitrogens with two attached hydrogens (primary N) is 1. The minimum absolute atomic E-state index is 0.0275. The Kier molecular flexibility index (Phi) is 10.6. The number of methoxy groups -OCH3 is 1. The molecule has 0 radical (unpaired) electrons. The van der Waals surface area contributed by atoms with Crippen molar-refractivity contribution in [2.45, 2.75) is 111 Å². The molecule has 234 valence electrons. The molecular weight excluding hydrogens is 671 g/mol. The van der Waals surface area contributed by atoms with Crippen LogP contribution in [0.15, 0.2) is 23.1 Å². The van der Waals surface area contributed by atoms with Crippen molar-refractivity contribution in [2.75, 3.05) is 12.8 Å². The number of ether oxygens (including phenoxy) is 3. The highest BCUT2D eigenvalue weighted by molar-refractivity contribution is 14.1.